The Morgan fingerprint density at radius 1 is 1.10 bits per heavy atom. The van der Waals surface area contributed by atoms with Crippen molar-refractivity contribution < 1.29 is 9.53 Å². The van der Waals surface area contributed by atoms with Gasteiger partial charge in [-0.1, -0.05) is 36.8 Å². The number of piperidine rings is 1. The smallest absolute Gasteiger partial charge is 0.233 e. The quantitative estimate of drug-likeness (QED) is 0.683. The van der Waals surface area contributed by atoms with Gasteiger partial charge in [-0.2, -0.15) is 0 Å². The molecule has 1 saturated carbocycles. The second kappa shape index (κ2) is 7.25. The van der Waals surface area contributed by atoms with Crippen molar-refractivity contribution in [1.82, 2.24) is 9.88 Å². The van der Waals surface area contributed by atoms with Gasteiger partial charge in [-0.3, -0.25) is 4.79 Å². The minimum atomic E-state index is -0.276. The van der Waals surface area contributed by atoms with E-state index in [-0.39, 0.29) is 5.41 Å². The van der Waals surface area contributed by atoms with Crippen LogP contribution in [0.25, 0.3) is 10.9 Å². The van der Waals surface area contributed by atoms with Gasteiger partial charge in [-0.25, -0.2) is 0 Å². The van der Waals surface area contributed by atoms with Gasteiger partial charge in [-0.05, 0) is 60.9 Å². The van der Waals surface area contributed by atoms with Crippen molar-refractivity contribution in [2.75, 3.05) is 20.2 Å². The van der Waals surface area contributed by atoms with E-state index >= 15 is 0 Å². The third kappa shape index (κ3) is 3.02. The molecule has 2 heterocycles. The second-order valence-corrected chi connectivity index (χ2v) is 8.52. The minimum absolute atomic E-state index is 0.276. The number of hydrogen-bond donors (Lipinski definition) is 1. The molecule has 5 rings (SSSR count). The van der Waals surface area contributed by atoms with E-state index in [1.807, 2.05) is 12.1 Å². The van der Waals surface area contributed by atoms with Crippen LogP contribution in [0.1, 0.15) is 49.1 Å². The first-order chi connectivity index (χ1) is 14.2. The zero-order valence-corrected chi connectivity index (χ0v) is 17.0. The van der Waals surface area contributed by atoms with Crippen LogP contribution in [-0.2, 0) is 10.2 Å². The number of amides is 1. The molecule has 29 heavy (non-hydrogen) atoms. The number of carbonyl (C=O) groups excluding carboxylic acids is 1. The summed E-state index contributed by atoms with van der Waals surface area (Å²) < 4.78 is 5.41. The standard InChI is InChI=1S/C25H28N2O2/c1-29-20-8-9-23-21(16-20)22(17-26-23)18-10-14-27(15-11-18)24(28)25(12-5-13-25)19-6-3-2-4-7-19/h2-4,6-9,16-18,26H,5,10-15H2,1H3. The van der Waals surface area contributed by atoms with Crippen molar-refractivity contribution >= 4 is 16.8 Å². The highest BCUT2D eigenvalue weighted by Crippen LogP contribution is 2.46. The molecule has 2 aromatic carbocycles. The Hall–Kier alpha value is -2.75. The molecule has 1 aliphatic heterocycles. The molecule has 1 aromatic heterocycles. The number of ether oxygens (including phenoxy) is 1. The lowest BCUT2D eigenvalue weighted by molar-refractivity contribution is -0.142. The third-order valence-electron chi connectivity index (χ3n) is 7.09. The van der Waals surface area contributed by atoms with Gasteiger partial charge < -0.3 is 14.6 Å². The summed E-state index contributed by atoms with van der Waals surface area (Å²) in [6.45, 7) is 1.68. The summed E-state index contributed by atoms with van der Waals surface area (Å²) in [6.07, 6.45) is 7.29. The van der Waals surface area contributed by atoms with Crippen molar-refractivity contribution in [2.24, 2.45) is 0 Å². The van der Waals surface area contributed by atoms with Crippen LogP contribution in [0.5, 0.6) is 5.75 Å². The Labute approximate surface area is 171 Å². The van der Waals surface area contributed by atoms with E-state index < -0.39 is 0 Å². The first kappa shape index (κ1) is 18.3. The number of methoxy groups -OCH3 is 1. The number of aromatic nitrogens is 1. The molecule has 1 saturated heterocycles. The van der Waals surface area contributed by atoms with Gasteiger partial charge in [0, 0.05) is 30.2 Å². The predicted octanol–water partition coefficient (Wildman–Crippen LogP) is 5.00. The van der Waals surface area contributed by atoms with Crippen molar-refractivity contribution in [3.05, 3.63) is 65.9 Å². The first-order valence-corrected chi connectivity index (χ1v) is 10.7. The number of H-pyrrole nitrogens is 1. The number of benzene rings is 2. The molecule has 0 bridgehead atoms. The van der Waals surface area contributed by atoms with Gasteiger partial charge in [0.1, 0.15) is 5.75 Å². The number of carbonyl (C=O) groups is 1. The average Bonchev–Trinajstić information content (AvgIpc) is 3.17. The molecule has 1 aliphatic carbocycles. The Bertz CT molecular complexity index is 1010. The Balaban J connectivity index is 1.32. The molecular formula is C25H28N2O2. The number of hydrogen-bond acceptors (Lipinski definition) is 2. The Kier molecular flexibility index (Phi) is 4.57. The van der Waals surface area contributed by atoms with Crippen LogP contribution in [0.3, 0.4) is 0 Å². The Morgan fingerprint density at radius 2 is 1.86 bits per heavy atom. The molecule has 3 aromatic rings. The third-order valence-corrected chi connectivity index (χ3v) is 7.09. The van der Waals surface area contributed by atoms with E-state index in [0.717, 1.165) is 56.5 Å². The van der Waals surface area contributed by atoms with Crippen molar-refractivity contribution in [2.45, 2.75) is 43.4 Å². The van der Waals surface area contributed by atoms with Gasteiger partial charge in [-0.15, -0.1) is 0 Å². The van der Waals surface area contributed by atoms with Crippen LogP contribution in [0.15, 0.2) is 54.7 Å². The first-order valence-electron chi connectivity index (χ1n) is 10.7. The largest absolute Gasteiger partial charge is 0.497 e. The Morgan fingerprint density at radius 3 is 2.52 bits per heavy atom. The average molecular weight is 389 g/mol. The summed E-state index contributed by atoms with van der Waals surface area (Å²) in [5, 5.41) is 1.24. The molecule has 2 aliphatic rings. The molecule has 0 radical (unpaired) electrons. The summed E-state index contributed by atoms with van der Waals surface area (Å²) in [7, 11) is 1.71. The van der Waals surface area contributed by atoms with E-state index in [2.05, 4.69) is 52.5 Å². The summed E-state index contributed by atoms with van der Waals surface area (Å²) in [6, 6.07) is 16.6. The van der Waals surface area contributed by atoms with E-state index in [0.29, 0.717) is 11.8 Å². The molecule has 150 valence electrons. The number of likely N-dealkylation sites (tertiary alicyclic amines) is 1. The van der Waals surface area contributed by atoms with E-state index in [4.69, 9.17) is 4.74 Å². The highest BCUT2D eigenvalue weighted by atomic mass is 16.5. The molecule has 0 atom stereocenters. The fraction of sp³-hybridized carbons (Fsp3) is 0.400. The molecule has 4 heteroatoms. The fourth-order valence-corrected chi connectivity index (χ4v) is 5.20. The summed E-state index contributed by atoms with van der Waals surface area (Å²) in [5.74, 6) is 1.71. The number of fused-ring (bicyclic) bond motifs is 1. The molecule has 0 spiro atoms. The van der Waals surface area contributed by atoms with Gasteiger partial charge in [0.2, 0.25) is 5.91 Å². The maximum atomic E-state index is 13.5. The highest BCUT2D eigenvalue weighted by molar-refractivity contribution is 5.89. The SMILES string of the molecule is COc1ccc2[nH]cc(C3CCN(C(=O)C4(c5ccccc5)CCC4)CC3)c2c1. The lowest BCUT2D eigenvalue weighted by Gasteiger charge is -2.45. The summed E-state index contributed by atoms with van der Waals surface area (Å²) in [4.78, 5) is 19.0. The minimum Gasteiger partial charge on any atom is -0.497 e. The van der Waals surface area contributed by atoms with Crippen molar-refractivity contribution in [1.29, 1.82) is 0 Å². The van der Waals surface area contributed by atoms with Crippen LogP contribution in [0.4, 0.5) is 0 Å². The predicted molar refractivity (Wildman–Crippen MR) is 115 cm³/mol. The number of nitrogens with one attached hydrogen (secondary N) is 1. The molecule has 4 nitrogen and oxygen atoms in total. The number of aromatic amines is 1. The van der Waals surface area contributed by atoms with Crippen LogP contribution in [0.2, 0.25) is 0 Å². The molecule has 2 fully saturated rings. The zero-order valence-electron chi connectivity index (χ0n) is 17.0. The highest BCUT2D eigenvalue weighted by Gasteiger charge is 2.48. The second-order valence-electron chi connectivity index (χ2n) is 8.52. The molecule has 1 amide bonds. The summed E-state index contributed by atoms with van der Waals surface area (Å²) >= 11 is 0. The van der Waals surface area contributed by atoms with Crippen LogP contribution >= 0.6 is 0 Å². The zero-order chi connectivity index (χ0) is 19.8. The van der Waals surface area contributed by atoms with E-state index in [1.54, 1.807) is 7.11 Å². The topological polar surface area (TPSA) is 45.3 Å². The number of rotatable bonds is 4. The van der Waals surface area contributed by atoms with Gasteiger partial charge >= 0.3 is 0 Å². The lowest BCUT2D eigenvalue weighted by Crippen LogP contribution is -2.52. The number of nitrogens with zero attached hydrogens (tertiary/aromatic N) is 1. The molecule has 0 unspecified atom stereocenters. The monoisotopic (exact) mass is 388 g/mol. The van der Waals surface area contributed by atoms with Crippen LogP contribution in [-0.4, -0.2) is 36.0 Å². The maximum absolute atomic E-state index is 13.5. The normalized spacial score (nSPS) is 19.1. The van der Waals surface area contributed by atoms with Gasteiger partial charge in [0.25, 0.3) is 0 Å². The van der Waals surface area contributed by atoms with Crippen LogP contribution in [0, 0.1) is 0 Å². The van der Waals surface area contributed by atoms with Gasteiger partial charge in [0.05, 0.1) is 12.5 Å². The van der Waals surface area contributed by atoms with Crippen molar-refractivity contribution in [3.8, 4) is 5.75 Å². The van der Waals surface area contributed by atoms with E-state index in [1.165, 1.54) is 16.5 Å². The molecular weight excluding hydrogens is 360 g/mol. The summed E-state index contributed by atoms with van der Waals surface area (Å²) in [5.41, 5.74) is 3.42. The van der Waals surface area contributed by atoms with Gasteiger partial charge in [0.15, 0.2) is 0 Å². The fourth-order valence-electron chi connectivity index (χ4n) is 5.20. The van der Waals surface area contributed by atoms with Crippen LogP contribution < -0.4 is 4.74 Å². The maximum Gasteiger partial charge on any atom is 0.233 e. The van der Waals surface area contributed by atoms with Crippen molar-refractivity contribution in [3.63, 3.8) is 0 Å². The molecule has 1 N–H and O–H groups in total. The lowest BCUT2D eigenvalue weighted by atomic mass is 9.63. The van der Waals surface area contributed by atoms with E-state index in [9.17, 15) is 4.79 Å².